The summed E-state index contributed by atoms with van der Waals surface area (Å²) in [5, 5.41) is 2.76. The molecule has 0 unspecified atom stereocenters. The molecule has 3 rings (SSSR count). The smallest absolute Gasteiger partial charge is 0.199 e. The maximum Gasteiger partial charge on any atom is 0.210 e. The number of benzene rings is 2. The van der Waals surface area contributed by atoms with E-state index >= 15 is 0 Å². The van der Waals surface area contributed by atoms with Gasteiger partial charge < -0.3 is 0 Å². The quantitative estimate of drug-likeness (QED) is 0.654. The van der Waals surface area contributed by atoms with E-state index < -0.39 is 0 Å². The zero-order valence-electron chi connectivity index (χ0n) is 12.5. The molecule has 98 valence electrons. The van der Waals surface area contributed by atoms with Crippen molar-refractivity contribution in [2.24, 2.45) is 0 Å². The molecular formula is C18H22N+. The lowest BCUT2D eigenvalue weighted by Gasteiger charge is -2.17. The summed E-state index contributed by atoms with van der Waals surface area (Å²) in [5.74, 6) is 0. The van der Waals surface area contributed by atoms with Gasteiger partial charge in [0.2, 0.25) is 5.69 Å². The first kappa shape index (κ1) is 12.4. The number of aryl methyl sites for hydroxylation is 1. The van der Waals surface area contributed by atoms with Crippen LogP contribution in [0.15, 0.2) is 30.3 Å². The SMILES string of the molecule is CC[N+]1=C(C)C(C)(C)c2c1ccc1cc(C)ccc21. The van der Waals surface area contributed by atoms with Crippen molar-refractivity contribution < 1.29 is 4.58 Å². The second-order valence-electron chi connectivity index (χ2n) is 6.14. The van der Waals surface area contributed by atoms with Gasteiger partial charge >= 0.3 is 0 Å². The molecule has 0 spiro atoms. The highest BCUT2D eigenvalue weighted by atomic mass is 15.0. The van der Waals surface area contributed by atoms with Crippen molar-refractivity contribution in [3.63, 3.8) is 0 Å². The van der Waals surface area contributed by atoms with E-state index in [0.29, 0.717) is 0 Å². The molecule has 2 aromatic carbocycles. The van der Waals surface area contributed by atoms with Gasteiger partial charge in [-0.2, -0.15) is 4.58 Å². The van der Waals surface area contributed by atoms with Crippen LogP contribution in [0.5, 0.6) is 0 Å². The first-order valence-corrected chi connectivity index (χ1v) is 7.12. The molecule has 0 saturated heterocycles. The van der Waals surface area contributed by atoms with Crippen LogP contribution >= 0.6 is 0 Å². The first-order valence-electron chi connectivity index (χ1n) is 7.12. The van der Waals surface area contributed by atoms with Gasteiger partial charge in [-0.25, -0.2) is 0 Å². The number of fused-ring (bicyclic) bond motifs is 3. The average Bonchev–Trinajstić information content (AvgIpc) is 2.57. The summed E-state index contributed by atoms with van der Waals surface area (Å²) in [6.07, 6.45) is 0. The van der Waals surface area contributed by atoms with E-state index in [0.717, 1.165) is 6.54 Å². The third-order valence-corrected chi connectivity index (χ3v) is 4.69. The fourth-order valence-corrected chi connectivity index (χ4v) is 3.43. The van der Waals surface area contributed by atoms with E-state index in [1.165, 1.54) is 33.3 Å². The molecule has 0 amide bonds. The summed E-state index contributed by atoms with van der Waals surface area (Å²) in [7, 11) is 0. The zero-order chi connectivity index (χ0) is 13.8. The fraction of sp³-hybridized carbons (Fsp3) is 0.389. The number of rotatable bonds is 1. The molecule has 2 aromatic rings. The largest absolute Gasteiger partial charge is 0.210 e. The van der Waals surface area contributed by atoms with Crippen molar-refractivity contribution in [3.05, 3.63) is 41.5 Å². The normalized spacial score (nSPS) is 17.1. The van der Waals surface area contributed by atoms with Crippen LogP contribution in [0.1, 0.15) is 38.8 Å². The topological polar surface area (TPSA) is 3.01 Å². The zero-order valence-corrected chi connectivity index (χ0v) is 12.5. The molecule has 1 aliphatic heterocycles. The third-order valence-electron chi connectivity index (χ3n) is 4.69. The predicted octanol–water partition coefficient (Wildman–Crippen LogP) is 4.56. The molecular weight excluding hydrogens is 230 g/mol. The van der Waals surface area contributed by atoms with Crippen LogP contribution in [0.4, 0.5) is 5.69 Å². The Morgan fingerprint density at radius 2 is 1.79 bits per heavy atom. The van der Waals surface area contributed by atoms with E-state index in [1.807, 2.05) is 0 Å². The van der Waals surface area contributed by atoms with Crippen LogP contribution in [0.3, 0.4) is 0 Å². The van der Waals surface area contributed by atoms with Crippen LogP contribution in [0.25, 0.3) is 10.8 Å². The van der Waals surface area contributed by atoms with Crippen LogP contribution in [0.2, 0.25) is 0 Å². The fourth-order valence-electron chi connectivity index (χ4n) is 3.43. The Hall–Kier alpha value is -1.63. The van der Waals surface area contributed by atoms with E-state index in [-0.39, 0.29) is 5.41 Å². The second kappa shape index (κ2) is 3.93. The molecule has 0 saturated carbocycles. The van der Waals surface area contributed by atoms with Crippen LogP contribution in [0, 0.1) is 6.92 Å². The molecule has 0 atom stereocenters. The molecule has 0 aromatic heterocycles. The van der Waals surface area contributed by atoms with Gasteiger partial charge in [0.05, 0.1) is 5.41 Å². The summed E-state index contributed by atoms with van der Waals surface area (Å²) in [6.45, 7) is 12.4. The average molecular weight is 252 g/mol. The van der Waals surface area contributed by atoms with E-state index in [2.05, 4.69) is 69.5 Å². The Bertz CT molecular complexity index is 705. The van der Waals surface area contributed by atoms with Gasteiger partial charge in [0, 0.05) is 18.6 Å². The van der Waals surface area contributed by atoms with Crippen molar-refractivity contribution >= 4 is 22.2 Å². The Morgan fingerprint density at radius 1 is 1.05 bits per heavy atom. The molecule has 1 heterocycles. The summed E-state index contributed by atoms with van der Waals surface area (Å²) in [4.78, 5) is 0. The van der Waals surface area contributed by atoms with Crippen molar-refractivity contribution in [1.29, 1.82) is 0 Å². The van der Waals surface area contributed by atoms with Gasteiger partial charge in [0.25, 0.3) is 0 Å². The minimum Gasteiger partial charge on any atom is -0.199 e. The maximum atomic E-state index is 2.45. The summed E-state index contributed by atoms with van der Waals surface area (Å²) in [6, 6.07) is 11.4. The second-order valence-corrected chi connectivity index (χ2v) is 6.14. The number of hydrogen-bond donors (Lipinski definition) is 0. The Morgan fingerprint density at radius 3 is 2.47 bits per heavy atom. The highest BCUT2D eigenvalue weighted by Gasteiger charge is 2.43. The Kier molecular flexibility index (Phi) is 2.57. The molecule has 1 heteroatoms. The monoisotopic (exact) mass is 252 g/mol. The minimum atomic E-state index is 0.125. The van der Waals surface area contributed by atoms with Gasteiger partial charge in [-0.3, -0.25) is 0 Å². The summed E-state index contributed by atoms with van der Waals surface area (Å²) in [5.41, 5.74) is 5.79. The van der Waals surface area contributed by atoms with Gasteiger partial charge in [-0.15, -0.1) is 0 Å². The van der Waals surface area contributed by atoms with Crippen LogP contribution < -0.4 is 0 Å². The molecule has 0 radical (unpaired) electrons. The van der Waals surface area contributed by atoms with Gasteiger partial charge in [-0.1, -0.05) is 23.8 Å². The molecule has 1 nitrogen and oxygen atoms in total. The maximum absolute atomic E-state index is 2.45. The van der Waals surface area contributed by atoms with Crippen LogP contribution in [-0.4, -0.2) is 16.8 Å². The molecule has 0 fully saturated rings. The third kappa shape index (κ3) is 1.57. The van der Waals surface area contributed by atoms with Gasteiger partial charge in [0.1, 0.15) is 6.54 Å². The molecule has 0 aliphatic carbocycles. The van der Waals surface area contributed by atoms with E-state index in [1.54, 1.807) is 0 Å². The number of hydrogen-bond acceptors (Lipinski definition) is 0. The van der Waals surface area contributed by atoms with Crippen molar-refractivity contribution in [1.82, 2.24) is 0 Å². The Labute approximate surface area is 115 Å². The van der Waals surface area contributed by atoms with E-state index in [4.69, 9.17) is 0 Å². The lowest BCUT2D eigenvalue weighted by molar-refractivity contribution is -0.434. The van der Waals surface area contributed by atoms with Gasteiger partial charge in [-0.05, 0) is 44.5 Å². The van der Waals surface area contributed by atoms with Gasteiger partial charge in [0.15, 0.2) is 5.71 Å². The highest BCUT2D eigenvalue weighted by Crippen LogP contribution is 2.43. The number of nitrogens with zero attached hydrogens (tertiary/aromatic N) is 1. The predicted molar refractivity (Wildman–Crippen MR) is 82.9 cm³/mol. The van der Waals surface area contributed by atoms with Crippen LogP contribution in [-0.2, 0) is 5.41 Å². The molecule has 19 heavy (non-hydrogen) atoms. The van der Waals surface area contributed by atoms with E-state index in [9.17, 15) is 0 Å². The van der Waals surface area contributed by atoms with Crippen molar-refractivity contribution in [2.75, 3.05) is 6.54 Å². The lowest BCUT2D eigenvalue weighted by atomic mass is 9.79. The molecule has 1 aliphatic rings. The standard InChI is InChI=1S/C18H22N/c1-6-19-13(3)18(4,5)17-15-9-7-12(2)11-14(15)8-10-16(17)19/h7-11H,6H2,1-5H3/q+1. The molecule has 0 bridgehead atoms. The highest BCUT2D eigenvalue weighted by molar-refractivity contribution is 6.01. The van der Waals surface area contributed by atoms with Crippen molar-refractivity contribution in [2.45, 2.75) is 40.0 Å². The Balaban J connectivity index is 2.41. The van der Waals surface area contributed by atoms with Crippen molar-refractivity contribution in [3.8, 4) is 0 Å². The first-order chi connectivity index (χ1) is 8.96. The lowest BCUT2D eigenvalue weighted by Crippen LogP contribution is -2.26. The summed E-state index contributed by atoms with van der Waals surface area (Å²) < 4.78 is 2.45. The molecule has 0 N–H and O–H groups in total. The minimum absolute atomic E-state index is 0.125. The summed E-state index contributed by atoms with van der Waals surface area (Å²) >= 11 is 0.